The zero-order valence-electron chi connectivity index (χ0n) is 13.5. The second-order valence-corrected chi connectivity index (χ2v) is 6.03. The van der Waals surface area contributed by atoms with Crippen molar-refractivity contribution in [2.75, 3.05) is 33.2 Å². The topological polar surface area (TPSA) is 97.3 Å². The number of aromatic nitrogens is 3. The van der Waals surface area contributed by atoms with Crippen LogP contribution in [-0.4, -0.2) is 69.6 Å². The molecule has 8 nitrogen and oxygen atoms in total. The average molecular weight is 328 g/mol. The molecule has 2 aromatic rings. The van der Waals surface area contributed by atoms with Crippen molar-refractivity contribution in [1.82, 2.24) is 24.6 Å². The van der Waals surface area contributed by atoms with Gasteiger partial charge >= 0.3 is 0 Å². The number of hydrogen-bond donors (Lipinski definition) is 1. The van der Waals surface area contributed by atoms with Crippen molar-refractivity contribution < 1.29 is 9.59 Å². The molecule has 24 heavy (non-hydrogen) atoms. The average Bonchev–Trinajstić information content (AvgIpc) is 3.04. The Morgan fingerprint density at radius 2 is 1.92 bits per heavy atom. The van der Waals surface area contributed by atoms with Crippen molar-refractivity contribution in [2.45, 2.75) is 0 Å². The Kier molecular flexibility index (Phi) is 4.57. The fraction of sp³-hybridized carbons (Fsp3) is 0.375. The van der Waals surface area contributed by atoms with Gasteiger partial charge in [-0.15, -0.1) is 10.2 Å². The Morgan fingerprint density at radius 3 is 2.62 bits per heavy atom. The zero-order chi connectivity index (χ0) is 17.1. The predicted molar refractivity (Wildman–Crippen MR) is 87.4 cm³/mol. The van der Waals surface area contributed by atoms with E-state index in [0.717, 1.165) is 5.69 Å². The summed E-state index contributed by atoms with van der Waals surface area (Å²) in [5.74, 6) is -0.839. The van der Waals surface area contributed by atoms with Gasteiger partial charge in [-0.25, -0.2) is 0 Å². The van der Waals surface area contributed by atoms with Gasteiger partial charge in [0.2, 0.25) is 5.91 Å². The van der Waals surface area contributed by atoms with Gasteiger partial charge in [-0.2, -0.15) is 0 Å². The summed E-state index contributed by atoms with van der Waals surface area (Å²) in [5, 5.41) is 7.55. The number of hydrogen-bond acceptors (Lipinski definition) is 5. The minimum Gasteiger partial charge on any atom is -0.369 e. The van der Waals surface area contributed by atoms with Crippen LogP contribution in [0.1, 0.15) is 10.4 Å². The molecule has 1 saturated heterocycles. The zero-order valence-corrected chi connectivity index (χ0v) is 13.5. The van der Waals surface area contributed by atoms with E-state index in [2.05, 4.69) is 10.2 Å². The van der Waals surface area contributed by atoms with Crippen LogP contribution in [0.2, 0.25) is 0 Å². The number of primary amides is 1. The molecule has 3 rings (SSSR count). The molecule has 1 fully saturated rings. The lowest BCUT2D eigenvalue weighted by Gasteiger charge is -2.23. The Balaban J connectivity index is 1.83. The maximum atomic E-state index is 12.9. The third-order valence-corrected chi connectivity index (χ3v) is 4.22. The largest absolute Gasteiger partial charge is 0.369 e. The molecule has 1 aromatic carbocycles. The van der Waals surface area contributed by atoms with Crippen molar-refractivity contribution >= 4 is 11.8 Å². The van der Waals surface area contributed by atoms with Gasteiger partial charge in [0.1, 0.15) is 12.7 Å². The fourth-order valence-electron chi connectivity index (χ4n) is 2.85. The maximum Gasteiger partial charge on any atom is 0.253 e. The first kappa shape index (κ1) is 16.1. The highest BCUT2D eigenvalue weighted by molar-refractivity contribution is 5.95. The third kappa shape index (κ3) is 3.43. The molecule has 0 spiro atoms. The molecule has 2 amide bonds. The number of nitrogens with two attached hydrogens (primary N) is 1. The second-order valence-electron chi connectivity index (χ2n) is 6.03. The van der Waals surface area contributed by atoms with E-state index in [1.54, 1.807) is 34.3 Å². The Morgan fingerprint density at radius 1 is 1.17 bits per heavy atom. The van der Waals surface area contributed by atoms with Gasteiger partial charge < -0.3 is 15.5 Å². The van der Waals surface area contributed by atoms with Crippen LogP contribution in [0, 0.1) is 5.92 Å². The fourth-order valence-corrected chi connectivity index (χ4v) is 2.85. The number of likely N-dealkylation sites (N-methyl/N-ethyl adjacent to an activating group) is 1. The van der Waals surface area contributed by atoms with Crippen molar-refractivity contribution in [1.29, 1.82) is 0 Å². The van der Waals surface area contributed by atoms with Gasteiger partial charge in [-0.3, -0.25) is 14.2 Å². The normalized spacial score (nSPS) is 19.0. The smallest absolute Gasteiger partial charge is 0.253 e. The van der Waals surface area contributed by atoms with Gasteiger partial charge in [0, 0.05) is 37.4 Å². The van der Waals surface area contributed by atoms with E-state index in [4.69, 9.17) is 5.73 Å². The summed E-state index contributed by atoms with van der Waals surface area (Å²) in [4.78, 5) is 28.2. The first-order valence-electron chi connectivity index (χ1n) is 7.77. The molecule has 1 aliphatic rings. The summed E-state index contributed by atoms with van der Waals surface area (Å²) in [6.07, 6.45) is 3.15. The molecule has 2 N–H and O–H groups in total. The molecule has 1 aliphatic heterocycles. The Bertz CT molecular complexity index is 730. The Hall–Kier alpha value is -2.74. The molecule has 0 radical (unpaired) electrons. The van der Waals surface area contributed by atoms with Crippen molar-refractivity contribution in [3.05, 3.63) is 42.5 Å². The summed E-state index contributed by atoms with van der Waals surface area (Å²) in [7, 11) is 1.93. The first-order valence-corrected chi connectivity index (χ1v) is 7.77. The molecule has 0 saturated carbocycles. The molecule has 1 aromatic heterocycles. The summed E-state index contributed by atoms with van der Waals surface area (Å²) in [5.41, 5.74) is 6.84. The van der Waals surface area contributed by atoms with Crippen LogP contribution >= 0.6 is 0 Å². The lowest BCUT2D eigenvalue weighted by atomic mass is 10.1. The molecule has 2 heterocycles. The third-order valence-electron chi connectivity index (χ3n) is 4.22. The number of carbonyl (C=O) groups excluding carboxylic acids is 2. The SMILES string of the molecule is CN1CCN(C(=O)c2cccc(-n3cnnc3)c2)C[C@H](C(N)=O)C1. The van der Waals surface area contributed by atoms with Crippen molar-refractivity contribution in [3.8, 4) is 5.69 Å². The highest BCUT2D eigenvalue weighted by Gasteiger charge is 2.28. The lowest BCUT2D eigenvalue weighted by molar-refractivity contribution is -0.122. The molecule has 0 aliphatic carbocycles. The summed E-state index contributed by atoms with van der Waals surface area (Å²) in [6, 6.07) is 7.25. The number of nitrogens with zero attached hydrogens (tertiary/aromatic N) is 5. The maximum absolute atomic E-state index is 12.9. The molecular weight excluding hydrogens is 308 g/mol. The molecule has 8 heteroatoms. The van der Waals surface area contributed by atoms with Crippen molar-refractivity contribution in [2.24, 2.45) is 11.7 Å². The van der Waals surface area contributed by atoms with Crippen LogP contribution in [0.3, 0.4) is 0 Å². The van der Waals surface area contributed by atoms with Crippen LogP contribution in [0.4, 0.5) is 0 Å². The van der Waals surface area contributed by atoms with E-state index in [1.807, 2.05) is 24.1 Å². The van der Waals surface area contributed by atoms with Crippen LogP contribution < -0.4 is 5.73 Å². The Labute approximate surface area is 139 Å². The van der Waals surface area contributed by atoms with Gasteiger partial charge in [0.05, 0.1) is 5.92 Å². The lowest BCUT2D eigenvalue weighted by Crippen LogP contribution is -2.40. The van der Waals surface area contributed by atoms with E-state index in [0.29, 0.717) is 31.7 Å². The van der Waals surface area contributed by atoms with Gasteiger partial charge in [-0.1, -0.05) is 6.07 Å². The molecule has 126 valence electrons. The number of benzene rings is 1. The van der Waals surface area contributed by atoms with E-state index in [9.17, 15) is 9.59 Å². The number of amides is 2. The summed E-state index contributed by atoms with van der Waals surface area (Å²) < 4.78 is 1.74. The highest BCUT2D eigenvalue weighted by atomic mass is 16.2. The van der Waals surface area contributed by atoms with Gasteiger partial charge in [0.15, 0.2) is 0 Å². The molecular formula is C16H20N6O2. The first-order chi connectivity index (χ1) is 11.5. The minimum atomic E-state index is -0.375. The molecule has 1 atom stereocenters. The van der Waals surface area contributed by atoms with Crippen LogP contribution in [-0.2, 0) is 4.79 Å². The number of rotatable bonds is 3. The van der Waals surface area contributed by atoms with Crippen LogP contribution in [0.5, 0.6) is 0 Å². The standard InChI is InChI=1S/C16H20N6O2/c1-20-5-6-21(9-13(8-20)15(17)23)16(24)12-3-2-4-14(7-12)22-10-18-19-11-22/h2-4,7,10-11,13H,5-6,8-9H2,1H3,(H2,17,23)/t13-/m1/s1. The van der Waals surface area contributed by atoms with Crippen LogP contribution in [0.25, 0.3) is 5.69 Å². The van der Waals surface area contributed by atoms with E-state index < -0.39 is 0 Å². The monoisotopic (exact) mass is 328 g/mol. The van der Waals surface area contributed by atoms with Gasteiger partial charge in [0.25, 0.3) is 5.91 Å². The van der Waals surface area contributed by atoms with Crippen molar-refractivity contribution in [3.63, 3.8) is 0 Å². The van der Waals surface area contributed by atoms with E-state index in [-0.39, 0.29) is 17.7 Å². The van der Waals surface area contributed by atoms with Crippen LogP contribution in [0.15, 0.2) is 36.9 Å². The summed E-state index contributed by atoms with van der Waals surface area (Å²) >= 11 is 0. The second kappa shape index (κ2) is 6.79. The van der Waals surface area contributed by atoms with Gasteiger partial charge in [-0.05, 0) is 25.2 Å². The molecule has 0 bridgehead atoms. The minimum absolute atomic E-state index is 0.105. The summed E-state index contributed by atoms with van der Waals surface area (Å²) in [6.45, 7) is 2.19. The number of carbonyl (C=O) groups is 2. The quantitative estimate of drug-likeness (QED) is 0.838. The van der Waals surface area contributed by atoms with E-state index >= 15 is 0 Å². The van der Waals surface area contributed by atoms with E-state index in [1.165, 1.54) is 0 Å². The molecule has 0 unspecified atom stereocenters. The highest BCUT2D eigenvalue weighted by Crippen LogP contribution is 2.15. The predicted octanol–water partition coefficient (Wildman–Crippen LogP) is -0.244.